The van der Waals surface area contributed by atoms with E-state index in [2.05, 4.69) is 27.5 Å². The maximum atomic E-state index is 13.0. The number of nitrogens with one attached hydrogen (secondary N) is 2. The van der Waals surface area contributed by atoms with Crippen LogP contribution in [0.4, 0.5) is 15.9 Å². The lowest BCUT2D eigenvalue weighted by Gasteiger charge is -2.10. The standard InChI is InChI=1S/C20H19FN4O/c1-2-12-22-18-13-17(20(26)23-16-10-8-15(21)9-11-16)24-19(25-18)14-6-4-3-5-7-14/h3-11,13H,2,12H2,1H3,(H,23,26)(H,22,24,25). The number of carbonyl (C=O) groups excluding carboxylic acids is 1. The molecule has 1 aromatic heterocycles. The van der Waals surface area contributed by atoms with Gasteiger partial charge in [0.1, 0.15) is 17.3 Å². The molecule has 0 aliphatic carbocycles. The molecule has 0 bridgehead atoms. The second-order valence-corrected chi connectivity index (χ2v) is 5.72. The minimum absolute atomic E-state index is 0.238. The summed E-state index contributed by atoms with van der Waals surface area (Å²) in [4.78, 5) is 21.5. The molecular formula is C20H19FN4O. The molecule has 132 valence electrons. The van der Waals surface area contributed by atoms with Gasteiger partial charge in [0.05, 0.1) is 0 Å². The Labute approximate surface area is 151 Å². The number of nitrogens with zero attached hydrogens (tertiary/aromatic N) is 2. The van der Waals surface area contributed by atoms with Crippen molar-refractivity contribution in [2.75, 3.05) is 17.2 Å². The monoisotopic (exact) mass is 350 g/mol. The highest BCUT2D eigenvalue weighted by Crippen LogP contribution is 2.19. The first-order valence-corrected chi connectivity index (χ1v) is 8.41. The van der Waals surface area contributed by atoms with Gasteiger partial charge in [0.15, 0.2) is 5.82 Å². The number of aromatic nitrogens is 2. The van der Waals surface area contributed by atoms with E-state index >= 15 is 0 Å². The predicted molar refractivity (Wildman–Crippen MR) is 101 cm³/mol. The lowest BCUT2D eigenvalue weighted by Crippen LogP contribution is -2.16. The summed E-state index contributed by atoms with van der Waals surface area (Å²) < 4.78 is 13.0. The number of halogens is 1. The third kappa shape index (κ3) is 4.42. The van der Waals surface area contributed by atoms with Crippen molar-refractivity contribution in [1.82, 2.24) is 9.97 Å². The van der Waals surface area contributed by atoms with Gasteiger partial charge in [-0.3, -0.25) is 4.79 Å². The molecule has 2 N–H and O–H groups in total. The Bertz CT molecular complexity index is 882. The Morgan fingerprint density at radius 3 is 2.46 bits per heavy atom. The van der Waals surface area contributed by atoms with Crippen LogP contribution in [0.1, 0.15) is 23.8 Å². The van der Waals surface area contributed by atoms with E-state index in [1.165, 1.54) is 24.3 Å². The van der Waals surface area contributed by atoms with Gasteiger partial charge < -0.3 is 10.6 Å². The van der Waals surface area contributed by atoms with Crippen molar-refractivity contribution in [1.29, 1.82) is 0 Å². The molecule has 3 aromatic rings. The van der Waals surface area contributed by atoms with Crippen LogP contribution in [-0.4, -0.2) is 22.4 Å². The molecule has 1 heterocycles. The number of hydrogen-bond donors (Lipinski definition) is 2. The maximum Gasteiger partial charge on any atom is 0.274 e. The minimum Gasteiger partial charge on any atom is -0.370 e. The number of benzene rings is 2. The summed E-state index contributed by atoms with van der Waals surface area (Å²) in [6.45, 7) is 2.79. The summed E-state index contributed by atoms with van der Waals surface area (Å²) in [5, 5.41) is 5.91. The van der Waals surface area contributed by atoms with E-state index in [-0.39, 0.29) is 17.4 Å². The van der Waals surface area contributed by atoms with Crippen LogP contribution in [0.5, 0.6) is 0 Å². The molecule has 0 saturated carbocycles. The van der Waals surface area contributed by atoms with Crippen LogP contribution in [0.25, 0.3) is 11.4 Å². The second-order valence-electron chi connectivity index (χ2n) is 5.72. The van der Waals surface area contributed by atoms with Crippen molar-refractivity contribution < 1.29 is 9.18 Å². The van der Waals surface area contributed by atoms with Crippen molar-refractivity contribution in [2.24, 2.45) is 0 Å². The van der Waals surface area contributed by atoms with Gasteiger partial charge in [0, 0.05) is 23.9 Å². The SMILES string of the molecule is CCCNc1cc(C(=O)Nc2ccc(F)cc2)nc(-c2ccccc2)n1. The van der Waals surface area contributed by atoms with Gasteiger partial charge in [-0.1, -0.05) is 37.3 Å². The van der Waals surface area contributed by atoms with Crippen LogP contribution >= 0.6 is 0 Å². The highest BCUT2D eigenvalue weighted by molar-refractivity contribution is 6.03. The Hall–Kier alpha value is -3.28. The van der Waals surface area contributed by atoms with Crippen LogP contribution in [-0.2, 0) is 0 Å². The van der Waals surface area contributed by atoms with Gasteiger partial charge in [-0.15, -0.1) is 0 Å². The maximum absolute atomic E-state index is 13.0. The van der Waals surface area contributed by atoms with Crippen LogP contribution < -0.4 is 10.6 Å². The molecule has 26 heavy (non-hydrogen) atoms. The third-order valence-electron chi connectivity index (χ3n) is 3.65. The number of rotatable bonds is 6. The van der Waals surface area contributed by atoms with Gasteiger partial charge in [-0.05, 0) is 30.7 Å². The topological polar surface area (TPSA) is 66.9 Å². The van der Waals surface area contributed by atoms with Crippen LogP contribution in [0.2, 0.25) is 0 Å². The molecule has 0 aliphatic rings. The molecule has 0 aliphatic heterocycles. The van der Waals surface area contributed by atoms with Crippen molar-refractivity contribution in [3.63, 3.8) is 0 Å². The van der Waals surface area contributed by atoms with E-state index in [9.17, 15) is 9.18 Å². The predicted octanol–water partition coefficient (Wildman–Crippen LogP) is 4.36. The highest BCUT2D eigenvalue weighted by atomic mass is 19.1. The Morgan fingerprint density at radius 2 is 1.77 bits per heavy atom. The zero-order valence-corrected chi connectivity index (χ0v) is 14.4. The van der Waals surface area contributed by atoms with Crippen LogP contribution in [0.3, 0.4) is 0 Å². The van der Waals surface area contributed by atoms with Gasteiger partial charge in [-0.2, -0.15) is 0 Å². The quantitative estimate of drug-likeness (QED) is 0.693. The van der Waals surface area contributed by atoms with Crippen LogP contribution in [0, 0.1) is 5.82 Å². The highest BCUT2D eigenvalue weighted by Gasteiger charge is 2.13. The fourth-order valence-corrected chi connectivity index (χ4v) is 2.35. The summed E-state index contributed by atoms with van der Waals surface area (Å²) in [5.41, 5.74) is 1.56. The third-order valence-corrected chi connectivity index (χ3v) is 3.65. The molecule has 2 aromatic carbocycles. The van der Waals surface area contributed by atoms with Gasteiger partial charge in [0.2, 0.25) is 0 Å². The average molecular weight is 350 g/mol. The molecule has 0 radical (unpaired) electrons. The molecule has 0 unspecified atom stereocenters. The first kappa shape index (κ1) is 17.5. The number of amides is 1. The molecule has 1 amide bonds. The summed E-state index contributed by atoms with van der Waals surface area (Å²) >= 11 is 0. The molecule has 5 nitrogen and oxygen atoms in total. The van der Waals surface area contributed by atoms with Crippen molar-refractivity contribution >= 4 is 17.4 Å². The smallest absolute Gasteiger partial charge is 0.274 e. The van der Waals surface area contributed by atoms with Gasteiger partial charge in [-0.25, -0.2) is 14.4 Å². The van der Waals surface area contributed by atoms with Crippen molar-refractivity contribution in [3.8, 4) is 11.4 Å². The molecule has 3 rings (SSSR count). The lowest BCUT2D eigenvalue weighted by molar-refractivity contribution is 0.102. The minimum atomic E-state index is -0.379. The Kier molecular flexibility index (Phi) is 5.53. The number of anilines is 2. The first-order chi connectivity index (χ1) is 12.7. The summed E-state index contributed by atoms with van der Waals surface area (Å²) in [7, 11) is 0. The summed E-state index contributed by atoms with van der Waals surface area (Å²) in [6.07, 6.45) is 0.932. The average Bonchev–Trinajstić information content (AvgIpc) is 2.68. The molecule has 0 fully saturated rings. The summed E-state index contributed by atoms with van der Waals surface area (Å²) in [5.74, 6) is 0.319. The largest absolute Gasteiger partial charge is 0.370 e. The number of hydrogen-bond acceptors (Lipinski definition) is 4. The van der Waals surface area contributed by atoms with Crippen molar-refractivity contribution in [3.05, 3.63) is 72.2 Å². The fraction of sp³-hybridized carbons (Fsp3) is 0.150. The van der Waals surface area contributed by atoms with E-state index in [0.717, 1.165) is 18.5 Å². The van der Waals surface area contributed by atoms with Gasteiger partial charge >= 0.3 is 0 Å². The zero-order valence-electron chi connectivity index (χ0n) is 14.4. The van der Waals surface area contributed by atoms with E-state index in [0.29, 0.717) is 17.3 Å². The summed E-state index contributed by atoms with van der Waals surface area (Å²) in [6, 6.07) is 16.7. The van der Waals surface area contributed by atoms with E-state index < -0.39 is 0 Å². The number of carbonyl (C=O) groups is 1. The Balaban J connectivity index is 1.91. The molecule has 0 saturated heterocycles. The van der Waals surface area contributed by atoms with Crippen LogP contribution in [0.15, 0.2) is 60.7 Å². The van der Waals surface area contributed by atoms with E-state index in [1.54, 1.807) is 6.07 Å². The molecule has 0 atom stereocenters. The first-order valence-electron chi connectivity index (χ1n) is 8.41. The zero-order chi connectivity index (χ0) is 18.4. The second kappa shape index (κ2) is 8.20. The van der Waals surface area contributed by atoms with Gasteiger partial charge in [0.25, 0.3) is 5.91 Å². The Morgan fingerprint density at radius 1 is 1.04 bits per heavy atom. The van der Waals surface area contributed by atoms with E-state index in [1.807, 2.05) is 30.3 Å². The van der Waals surface area contributed by atoms with E-state index in [4.69, 9.17) is 0 Å². The van der Waals surface area contributed by atoms with Crippen molar-refractivity contribution in [2.45, 2.75) is 13.3 Å². The lowest BCUT2D eigenvalue weighted by atomic mass is 10.2. The molecule has 0 spiro atoms. The molecule has 6 heteroatoms. The fourth-order valence-electron chi connectivity index (χ4n) is 2.35. The normalized spacial score (nSPS) is 10.4. The molecular weight excluding hydrogens is 331 g/mol.